The van der Waals surface area contributed by atoms with E-state index in [4.69, 9.17) is 5.41 Å². The summed E-state index contributed by atoms with van der Waals surface area (Å²) in [6, 6.07) is 0. The zero-order valence-corrected chi connectivity index (χ0v) is 6.36. The van der Waals surface area contributed by atoms with Gasteiger partial charge in [0.1, 0.15) is 0 Å². The summed E-state index contributed by atoms with van der Waals surface area (Å²) in [5.41, 5.74) is 0. The molecule has 2 heteroatoms. The predicted molar refractivity (Wildman–Crippen MR) is 32.9 cm³/mol. The van der Waals surface area contributed by atoms with Crippen LogP contribution in [0, 0.1) is 5.41 Å². The van der Waals surface area contributed by atoms with Crippen LogP contribution in [0.4, 0.5) is 0 Å². The Bertz CT molecular complexity index is 45.8. The second-order valence-electron chi connectivity index (χ2n) is 1.70. The fourth-order valence-corrected chi connectivity index (χ4v) is 0.496. The molecular weight excluding hydrogens is 142 g/mol. The molecule has 0 spiro atoms. The second-order valence-corrected chi connectivity index (χ2v) is 1.70. The van der Waals surface area contributed by atoms with Gasteiger partial charge in [-0.25, -0.2) is 0 Å². The Morgan fingerprint density at radius 2 is 2.00 bits per heavy atom. The molecule has 0 amide bonds. The average Bonchev–Trinajstić information content (AvgIpc) is 1.69. The largest absolute Gasteiger partial charge is 0.313 e. The molecule has 0 aromatic rings. The molecule has 0 atom stereocenters. The van der Waals surface area contributed by atoms with E-state index in [2.05, 4.69) is 6.92 Å². The molecule has 0 saturated carbocycles. The Kier molecular flexibility index (Phi) is 14.1. The minimum atomic E-state index is 0. The van der Waals surface area contributed by atoms with Crippen LogP contribution in [-0.2, 0) is 17.1 Å². The monoisotopic (exact) mass is 155 g/mol. The van der Waals surface area contributed by atoms with Crippen molar-refractivity contribution in [1.29, 1.82) is 5.41 Å². The summed E-state index contributed by atoms with van der Waals surface area (Å²) in [4.78, 5) is 0. The molecule has 1 N–H and O–H groups in total. The first-order chi connectivity index (χ1) is 3.41. The summed E-state index contributed by atoms with van der Waals surface area (Å²) in [5, 5.41) is 6.66. The minimum Gasteiger partial charge on any atom is -0.313 e. The molecule has 0 unspecified atom stereocenters. The van der Waals surface area contributed by atoms with Crippen molar-refractivity contribution in [3.8, 4) is 0 Å². The molecule has 0 aromatic carbocycles. The third kappa shape index (κ3) is 9.50. The van der Waals surface area contributed by atoms with E-state index in [1.54, 1.807) is 0 Å². The van der Waals surface area contributed by atoms with Crippen molar-refractivity contribution < 1.29 is 17.1 Å². The maximum atomic E-state index is 6.66. The molecule has 0 radical (unpaired) electrons. The smallest absolute Gasteiger partial charge is 0 e. The second kappa shape index (κ2) is 10.2. The maximum absolute atomic E-state index is 6.66. The maximum Gasteiger partial charge on any atom is 0 e. The van der Waals surface area contributed by atoms with Crippen molar-refractivity contribution in [2.24, 2.45) is 0 Å². The first-order valence-corrected chi connectivity index (χ1v) is 2.90. The van der Waals surface area contributed by atoms with E-state index < -0.39 is 0 Å². The summed E-state index contributed by atoms with van der Waals surface area (Å²) >= 11 is 0. The van der Waals surface area contributed by atoms with Gasteiger partial charge in [-0.2, -0.15) is 0 Å². The molecule has 0 fully saturated rings. The fourth-order valence-electron chi connectivity index (χ4n) is 0.496. The molecular formula is C6H13FeN. The molecule has 8 heavy (non-hydrogen) atoms. The van der Waals surface area contributed by atoms with Crippen LogP contribution < -0.4 is 0 Å². The first-order valence-electron chi connectivity index (χ1n) is 2.90. The van der Waals surface area contributed by atoms with Crippen molar-refractivity contribution in [2.45, 2.75) is 32.6 Å². The Morgan fingerprint density at radius 1 is 1.38 bits per heavy atom. The van der Waals surface area contributed by atoms with E-state index in [0.717, 1.165) is 6.42 Å². The fraction of sp³-hybridized carbons (Fsp3) is 0.833. The van der Waals surface area contributed by atoms with Gasteiger partial charge in [0, 0.05) is 17.1 Å². The summed E-state index contributed by atoms with van der Waals surface area (Å²) in [6.07, 6.45) is 6.17. The summed E-state index contributed by atoms with van der Waals surface area (Å²) in [7, 11) is 0. The topological polar surface area (TPSA) is 23.9 Å². The number of hydrogen-bond donors (Lipinski definition) is 1. The molecule has 0 aliphatic rings. The van der Waals surface area contributed by atoms with Gasteiger partial charge >= 0.3 is 0 Å². The summed E-state index contributed by atoms with van der Waals surface area (Å²) in [5.74, 6) is 0. The van der Waals surface area contributed by atoms with Crippen LogP contribution in [0.1, 0.15) is 32.6 Å². The van der Waals surface area contributed by atoms with E-state index in [9.17, 15) is 0 Å². The SMILES string of the molecule is CCCCCC=N.[Fe]. The Balaban J connectivity index is 0. The van der Waals surface area contributed by atoms with Gasteiger partial charge in [-0.15, -0.1) is 0 Å². The van der Waals surface area contributed by atoms with Crippen molar-refractivity contribution in [3.63, 3.8) is 0 Å². The van der Waals surface area contributed by atoms with Crippen LogP contribution in [0.3, 0.4) is 0 Å². The normalized spacial score (nSPS) is 7.62. The molecule has 0 saturated heterocycles. The third-order valence-electron chi connectivity index (χ3n) is 0.952. The minimum absolute atomic E-state index is 0. The number of unbranched alkanes of at least 4 members (excludes halogenated alkanes) is 3. The van der Waals surface area contributed by atoms with E-state index in [1.807, 2.05) is 0 Å². The Labute approximate surface area is 61.8 Å². The Hall–Kier alpha value is 0.189. The molecule has 0 rings (SSSR count). The van der Waals surface area contributed by atoms with E-state index >= 15 is 0 Å². The van der Waals surface area contributed by atoms with Crippen LogP contribution in [0.15, 0.2) is 0 Å². The van der Waals surface area contributed by atoms with Crippen LogP contribution in [0.5, 0.6) is 0 Å². The number of hydrogen-bond acceptors (Lipinski definition) is 1. The van der Waals surface area contributed by atoms with Gasteiger partial charge in [0.15, 0.2) is 0 Å². The zero-order valence-electron chi connectivity index (χ0n) is 5.26. The standard InChI is InChI=1S/C6H13N.Fe/c1-2-3-4-5-6-7;/h6-7H,2-5H2,1H3;. The van der Waals surface area contributed by atoms with Crippen LogP contribution in [0.2, 0.25) is 0 Å². The average molecular weight is 155 g/mol. The van der Waals surface area contributed by atoms with Crippen LogP contribution >= 0.6 is 0 Å². The van der Waals surface area contributed by atoms with Crippen LogP contribution in [0.25, 0.3) is 0 Å². The number of nitrogens with one attached hydrogen (secondary N) is 1. The van der Waals surface area contributed by atoms with Gasteiger partial charge in [0.25, 0.3) is 0 Å². The zero-order chi connectivity index (χ0) is 5.54. The van der Waals surface area contributed by atoms with Crippen molar-refractivity contribution in [3.05, 3.63) is 0 Å². The quantitative estimate of drug-likeness (QED) is 0.365. The molecule has 0 aromatic heterocycles. The first kappa shape index (κ1) is 11.0. The molecule has 0 aliphatic heterocycles. The molecule has 0 heterocycles. The summed E-state index contributed by atoms with van der Waals surface area (Å²) < 4.78 is 0. The third-order valence-corrected chi connectivity index (χ3v) is 0.952. The van der Waals surface area contributed by atoms with Crippen molar-refractivity contribution >= 4 is 6.21 Å². The van der Waals surface area contributed by atoms with Gasteiger partial charge in [-0.3, -0.25) is 0 Å². The van der Waals surface area contributed by atoms with Crippen molar-refractivity contribution in [2.75, 3.05) is 0 Å². The Morgan fingerprint density at radius 3 is 2.38 bits per heavy atom. The van der Waals surface area contributed by atoms with Gasteiger partial charge < -0.3 is 5.41 Å². The van der Waals surface area contributed by atoms with E-state index in [0.29, 0.717) is 0 Å². The predicted octanol–water partition coefficient (Wildman–Crippen LogP) is 2.21. The van der Waals surface area contributed by atoms with Gasteiger partial charge in [0.2, 0.25) is 0 Å². The van der Waals surface area contributed by atoms with E-state index in [-0.39, 0.29) is 17.1 Å². The number of rotatable bonds is 4. The van der Waals surface area contributed by atoms with Gasteiger partial charge in [-0.05, 0) is 19.1 Å². The van der Waals surface area contributed by atoms with E-state index in [1.165, 1.54) is 25.5 Å². The molecule has 50 valence electrons. The molecule has 0 aliphatic carbocycles. The van der Waals surface area contributed by atoms with Gasteiger partial charge in [0.05, 0.1) is 0 Å². The van der Waals surface area contributed by atoms with Gasteiger partial charge in [-0.1, -0.05) is 19.8 Å². The van der Waals surface area contributed by atoms with Crippen molar-refractivity contribution in [1.82, 2.24) is 0 Å². The molecule has 1 nitrogen and oxygen atoms in total. The molecule has 0 bridgehead atoms. The summed E-state index contributed by atoms with van der Waals surface area (Å²) in [6.45, 7) is 2.17. The van der Waals surface area contributed by atoms with Crippen LogP contribution in [-0.4, -0.2) is 6.21 Å².